The highest BCUT2D eigenvalue weighted by Crippen LogP contribution is 2.28. The van der Waals surface area contributed by atoms with Gasteiger partial charge in [-0.25, -0.2) is 0 Å². The molecule has 0 aliphatic rings. The molecular formula is C10H14O3. The minimum absolute atomic E-state index is 0.527. The molecule has 0 unspecified atom stereocenters. The maximum absolute atomic E-state index is 9.38. The zero-order valence-electron chi connectivity index (χ0n) is 8.07. The van der Waals surface area contributed by atoms with Gasteiger partial charge in [-0.2, -0.15) is 0 Å². The molecule has 0 fully saturated rings. The van der Waals surface area contributed by atoms with E-state index in [0.717, 1.165) is 11.3 Å². The van der Waals surface area contributed by atoms with Gasteiger partial charge in [-0.15, -0.1) is 0 Å². The van der Waals surface area contributed by atoms with Gasteiger partial charge in [0.15, 0.2) is 0 Å². The van der Waals surface area contributed by atoms with Gasteiger partial charge in [0.1, 0.15) is 11.5 Å². The van der Waals surface area contributed by atoms with E-state index in [-0.39, 0.29) is 0 Å². The minimum Gasteiger partial charge on any atom is -0.497 e. The largest absolute Gasteiger partial charge is 0.497 e. The lowest BCUT2D eigenvalue weighted by Gasteiger charge is -2.11. The second kappa shape index (κ2) is 4.14. The molecule has 1 atom stereocenters. The quantitative estimate of drug-likeness (QED) is 0.774. The average molecular weight is 182 g/mol. The normalized spacial score (nSPS) is 12.3. The van der Waals surface area contributed by atoms with Crippen LogP contribution in [0.2, 0.25) is 0 Å². The summed E-state index contributed by atoms with van der Waals surface area (Å²) in [6.45, 7) is 1.70. The number of methoxy groups -OCH3 is 2. The van der Waals surface area contributed by atoms with Crippen molar-refractivity contribution in [1.29, 1.82) is 0 Å². The molecule has 72 valence electrons. The van der Waals surface area contributed by atoms with Gasteiger partial charge in [-0.05, 0) is 19.1 Å². The molecule has 0 amide bonds. The molecule has 1 N–H and O–H groups in total. The Kier molecular flexibility index (Phi) is 3.14. The molecule has 0 saturated heterocycles. The van der Waals surface area contributed by atoms with Crippen LogP contribution in [0.15, 0.2) is 18.2 Å². The van der Waals surface area contributed by atoms with Crippen LogP contribution in [0, 0.1) is 0 Å². The number of hydrogen-bond donors (Lipinski definition) is 1. The van der Waals surface area contributed by atoms with Gasteiger partial charge < -0.3 is 14.6 Å². The van der Waals surface area contributed by atoms with Crippen LogP contribution < -0.4 is 9.47 Å². The number of rotatable bonds is 3. The number of ether oxygens (including phenoxy) is 2. The first-order chi connectivity index (χ1) is 6.19. The zero-order chi connectivity index (χ0) is 9.84. The lowest BCUT2D eigenvalue weighted by molar-refractivity contribution is 0.194. The Hall–Kier alpha value is -1.22. The SMILES string of the molecule is COc1ccc([C@@H](C)O)c(OC)c1. The van der Waals surface area contributed by atoms with Crippen molar-refractivity contribution < 1.29 is 14.6 Å². The monoisotopic (exact) mass is 182 g/mol. The van der Waals surface area contributed by atoms with Gasteiger partial charge in [0.05, 0.1) is 20.3 Å². The molecule has 1 aromatic carbocycles. The number of aliphatic hydroxyl groups is 1. The fourth-order valence-corrected chi connectivity index (χ4v) is 1.16. The highest BCUT2D eigenvalue weighted by molar-refractivity contribution is 5.41. The second-order valence-corrected chi connectivity index (χ2v) is 2.78. The number of aliphatic hydroxyl groups excluding tert-OH is 1. The van der Waals surface area contributed by atoms with Crippen molar-refractivity contribution in [3.8, 4) is 11.5 Å². The van der Waals surface area contributed by atoms with Crippen molar-refractivity contribution in [2.24, 2.45) is 0 Å². The predicted molar refractivity (Wildman–Crippen MR) is 50.2 cm³/mol. The van der Waals surface area contributed by atoms with Crippen molar-refractivity contribution in [3.05, 3.63) is 23.8 Å². The number of benzene rings is 1. The molecule has 0 aromatic heterocycles. The van der Waals surface area contributed by atoms with E-state index in [1.165, 1.54) is 0 Å². The van der Waals surface area contributed by atoms with Gasteiger partial charge >= 0.3 is 0 Å². The maximum Gasteiger partial charge on any atom is 0.128 e. The summed E-state index contributed by atoms with van der Waals surface area (Å²) in [7, 11) is 3.16. The third-order valence-corrected chi connectivity index (χ3v) is 1.89. The van der Waals surface area contributed by atoms with E-state index in [2.05, 4.69) is 0 Å². The molecule has 0 bridgehead atoms. The first kappa shape index (κ1) is 9.86. The van der Waals surface area contributed by atoms with E-state index in [0.29, 0.717) is 5.75 Å². The number of hydrogen-bond acceptors (Lipinski definition) is 3. The van der Waals surface area contributed by atoms with Crippen LogP contribution in [0.1, 0.15) is 18.6 Å². The summed E-state index contributed by atoms with van der Waals surface area (Å²) in [4.78, 5) is 0. The van der Waals surface area contributed by atoms with Crippen LogP contribution in [0.5, 0.6) is 11.5 Å². The smallest absolute Gasteiger partial charge is 0.128 e. The van der Waals surface area contributed by atoms with Crippen LogP contribution in [-0.4, -0.2) is 19.3 Å². The summed E-state index contributed by atoms with van der Waals surface area (Å²) in [6, 6.07) is 5.34. The lowest BCUT2D eigenvalue weighted by Crippen LogP contribution is -1.96. The van der Waals surface area contributed by atoms with Crippen molar-refractivity contribution in [2.75, 3.05) is 14.2 Å². The van der Waals surface area contributed by atoms with E-state index in [9.17, 15) is 5.11 Å². The Labute approximate surface area is 77.9 Å². The lowest BCUT2D eigenvalue weighted by atomic mass is 10.1. The molecule has 3 heteroatoms. The fraction of sp³-hybridized carbons (Fsp3) is 0.400. The van der Waals surface area contributed by atoms with Crippen molar-refractivity contribution in [2.45, 2.75) is 13.0 Å². The second-order valence-electron chi connectivity index (χ2n) is 2.78. The average Bonchev–Trinajstić information content (AvgIpc) is 2.16. The fourth-order valence-electron chi connectivity index (χ4n) is 1.16. The molecule has 1 rings (SSSR count). The van der Waals surface area contributed by atoms with E-state index >= 15 is 0 Å². The summed E-state index contributed by atoms with van der Waals surface area (Å²) < 4.78 is 10.1. The molecule has 0 aliphatic carbocycles. The summed E-state index contributed by atoms with van der Waals surface area (Å²) in [5.41, 5.74) is 0.767. The molecule has 0 heterocycles. The summed E-state index contributed by atoms with van der Waals surface area (Å²) >= 11 is 0. The highest BCUT2D eigenvalue weighted by Gasteiger charge is 2.08. The van der Waals surface area contributed by atoms with Crippen LogP contribution >= 0.6 is 0 Å². The Bertz CT molecular complexity index is 281. The van der Waals surface area contributed by atoms with Gasteiger partial charge in [-0.3, -0.25) is 0 Å². The van der Waals surface area contributed by atoms with Crippen molar-refractivity contribution >= 4 is 0 Å². The van der Waals surface area contributed by atoms with Crippen LogP contribution in [0.4, 0.5) is 0 Å². The zero-order valence-corrected chi connectivity index (χ0v) is 8.07. The van der Waals surface area contributed by atoms with E-state index in [4.69, 9.17) is 9.47 Å². The Morgan fingerprint density at radius 1 is 1.23 bits per heavy atom. The van der Waals surface area contributed by atoms with E-state index in [1.54, 1.807) is 39.3 Å². The van der Waals surface area contributed by atoms with Crippen LogP contribution in [-0.2, 0) is 0 Å². The summed E-state index contributed by atoms with van der Waals surface area (Å²) in [5.74, 6) is 1.37. The standard InChI is InChI=1S/C10H14O3/c1-7(11)9-5-4-8(12-2)6-10(9)13-3/h4-7,11H,1-3H3/t7-/m1/s1. The molecule has 3 nitrogen and oxygen atoms in total. The first-order valence-electron chi connectivity index (χ1n) is 4.09. The molecule has 0 spiro atoms. The molecular weight excluding hydrogens is 168 g/mol. The molecule has 0 radical (unpaired) electrons. The summed E-state index contributed by atoms with van der Waals surface area (Å²) in [5, 5.41) is 9.38. The van der Waals surface area contributed by atoms with Gasteiger partial charge in [0.25, 0.3) is 0 Å². The van der Waals surface area contributed by atoms with Crippen LogP contribution in [0.3, 0.4) is 0 Å². The van der Waals surface area contributed by atoms with E-state index < -0.39 is 6.10 Å². The van der Waals surface area contributed by atoms with Crippen molar-refractivity contribution in [3.63, 3.8) is 0 Å². The third kappa shape index (κ3) is 2.12. The Morgan fingerprint density at radius 2 is 1.92 bits per heavy atom. The summed E-state index contributed by atoms with van der Waals surface area (Å²) in [6.07, 6.45) is -0.527. The molecule has 0 aliphatic heterocycles. The predicted octanol–water partition coefficient (Wildman–Crippen LogP) is 1.76. The molecule has 1 aromatic rings. The van der Waals surface area contributed by atoms with Gasteiger partial charge in [0.2, 0.25) is 0 Å². The van der Waals surface area contributed by atoms with Gasteiger partial charge in [-0.1, -0.05) is 0 Å². The highest BCUT2D eigenvalue weighted by atomic mass is 16.5. The van der Waals surface area contributed by atoms with Crippen LogP contribution in [0.25, 0.3) is 0 Å². The topological polar surface area (TPSA) is 38.7 Å². The van der Waals surface area contributed by atoms with Gasteiger partial charge in [0, 0.05) is 11.6 Å². The van der Waals surface area contributed by atoms with E-state index in [1.807, 2.05) is 0 Å². The third-order valence-electron chi connectivity index (χ3n) is 1.89. The van der Waals surface area contributed by atoms with Crippen molar-refractivity contribution in [1.82, 2.24) is 0 Å². The Morgan fingerprint density at radius 3 is 2.38 bits per heavy atom. The molecule has 13 heavy (non-hydrogen) atoms. The first-order valence-corrected chi connectivity index (χ1v) is 4.09. The maximum atomic E-state index is 9.38. The Balaban J connectivity index is 3.08. The molecule has 0 saturated carbocycles. The minimum atomic E-state index is -0.527.